The summed E-state index contributed by atoms with van der Waals surface area (Å²) in [5, 5.41) is 14.5. The number of carboxylic acids is 1. The van der Waals surface area contributed by atoms with Crippen LogP contribution in [0.1, 0.15) is 51.4 Å². The quantitative estimate of drug-likeness (QED) is 0.699. The Hall–Kier alpha value is -2.28. The van der Waals surface area contributed by atoms with Gasteiger partial charge in [-0.25, -0.2) is 4.79 Å². The Labute approximate surface area is 158 Å². The van der Waals surface area contributed by atoms with Crippen LogP contribution in [0.2, 0.25) is 5.02 Å². The minimum Gasteiger partial charge on any atom is -0.481 e. The van der Waals surface area contributed by atoms with Crippen molar-refractivity contribution >= 4 is 35.2 Å². The van der Waals surface area contributed by atoms with Crippen LogP contribution in [0.5, 0.6) is 0 Å². The molecule has 1 aromatic rings. The topological polar surface area (TPSA) is 98.7 Å². The molecule has 0 atom stereocenters. The van der Waals surface area contributed by atoms with Gasteiger partial charge < -0.3 is 20.6 Å². The molecule has 0 saturated carbocycles. The van der Waals surface area contributed by atoms with E-state index in [2.05, 4.69) is 10.6 Å². The molecule has 0 aliphatic heterocycles. The fourth-order valence-corrected chi connectivity index (χ4v) is 2.43. The Morgan fingerprint density at radius 1 is 1.23 bits per heavy atom. The summed E-state index contributed by atoms with van der Waals surface area (Å²) >= 11 is 6.15. The highest BCUT2D eigenvalue weighted by Crippen LogP contribution is 2.23. The Morgan fingerprint density at radius 3 is 2.35 bits per heavy atom. The van der Waals surface area contributed by atoms with E-state index in [4.69, 9.17) is 16.7 Å². The molecule has 0 radical (unpaired) electrons. The van der Waals surface area contributed by atoms with Crippen LogP contribution in [0.15, 0.2) is 18.2 Å². The zero-order valence-electron chi connectivity index (χ0n) is 15.7. The van der Waals surface area contributed by atoms with Crippen LogP contribution in [0.25, 0.3) is 0 Å². The van der Waals surface area contributed by atoms with Crippen molar-refractivity contribution in [3.05, 3.63) is 28.8 Å². The molecule has 0 aromatic heterocycles. The summed E-state index contributed by atoms with van der Waals surface area (Å²) in [7, 11) is 0. The molecular weight excluding hydrogens is 358 g/mol. The maximum atomic E-state index is 12.8. The highest BCUT2D eigenvalue weighted by atomic mass is 35.5. The lowest BCUT2D eigenvalue weighted by atomic mass is 10.1. The van der Waals surface area contributed by atoms with Crippen LogP contribution in [0.3, 0.4) is 0 Å². The normalized spacial score (nSPS) is 11.2. The van der Waals surface area contributed by atoms with Crippen LogP contribution in [0.4, 0.5) is 10.5 Å². The third kappa shape index (κ3) is 6.92. The summed E-state index contributed by atoms with van der Waals surface area (Å²) in [4.78, 5) is 37.1. The first-order valence-electron chi connectivity index (χ1n) is 8.32. The molecule has 3 amide bonds. The van der Waals surface area contributed by atoms with Crippen molar-refractivity contribution in [2.24, 2.45) is 0 Å². The summed E-state index contributed by atoms with van der Waals surface area (Å²) in [6.45, 7) is 9.23. The first-order valence-corrected chi connectivity index (χ1v) is 8.70. The average molecular weight is 384 g/mol. The van der Waals surface area contributed by atoms with Crippen LogP contribution in [-0.4, -0.2) is 46.0 Å². The first-order chi connectivity index (χ1) is 11.9. The van der Waals surface area contributed by atoms with Gasteiger partial charge in [-0.2, -0.15) is 0 Å². The SMILES string of the molecule is CC(C)N(CCC(=O)O)C(=O)c1cc(NC(=O)NC(C)(C)C)ccc1Cl. The van der Waals surface area contributed by atoms with Gasteiger partial charge in [-0.1, -0.05) is 11.6 Å². The molecule has 0 spiro atoms. The van der Waals surface area contributed by atoms with E-state index in [-0.39, 0.29) is 35.5 Å². The van der Waals surface area contributed by atoms with E-state index < -0.39 is 17.5 Å². The first kappa shape index (κ1) is 21.8. The zero-order chi connectivity index (χ0) is 20.1. The van der Waals surface area contributed by atoms with E-state index in [0.29, 0.717) is 5.69 Å². The molecule has 1 aromatic carbocycles. The van der Waals surface area contributed by atoms with Crippen molar-refractivity contribution in [2.45, 2.75) is 52.6 Å². The third-order valence-corrected chi connectivity index (χ3v) is 3.72. The monoisotopic (exact) mass is 383 g/mol. The van der Waals surface area contributed by atoms with Gasteiger partial charge in [0.05, 0.1) is 17.0 Å². The van der Waals surface area contributed by atoms with Gasteiger partial charge in [-0.05, 0) is 52.8 Å². The molecule has 144 valence electrons. The van der Waals surface area contributed by atoms with E-state index in [1.165, 1.54) is 17.0 Å². The van der Waals surface area contributed by atoms with Crippen molar-refractivity contribution in [1.82, 2.24) is 10.2 Å². The molecule has 0 fully saturated rings. The third-order valence-electron chi connectivity index (χ3n) is 3.39. The number of rotatable bonds is 6. The highest BCUT2D eigenvalue weighted by Gasteiger charge is 2.22. The van der Waals surface area contributed by atoms with Gasteiger partial charge in [0.1, 0.15) is 0 Å². The van der Waals surface area contributed by atoms with Crippen LogP contribution >= 0.6 is 11.6 Å². The number of aliphatic carboxylic acids is 1. The molecule has 0 aliphatic rings. The second-order valence-electron chi connectivity index (χ2n) is 7.26. The Morgan fingerprint density at radius 2 is 1.85 bits per heavy atom. The number of anilines is 1. The lowest BCUT2D eigenvalue weighted by Gasteiger charge is -2.27. The van der Waals surface area contributed by atoms with Gasteiger partial charge in [0.15, 0.2) is 0 Å². The summed E-state index contributed by atoms with van der Waals surface area (Å²) in [6, 6.07) is 4.02. The van der Waals surface area contributed by atoms with E-state index in [9.17, 15) is 14.4 Å². The van der Waals surface area contributed by atoms with Crippen molar-refractivity contribution in [3.8, 4) is 0 Å². The number of carbonyl (C=O) groups excluding carboxylic acids is 2. The predicted octanol–water partition coefficient (Wildman–Crippen LogP) is 3.59. The van der Waals surface area contributed by atoms with Crippen LogP contribution < -0.4 is 10.6 Å². The largest absolute Gasteiger partial charge is 0.481 e. The second-order valence-corrected chi connectivity index (χ2v) is 7.67. The zero-order valence-corrected chi connectivity index (χ0v) is 16.5. The van der Waals surface area contributed by atoms with Gasteiger partial charge in [-0.3, -0.25) is 9.59 Å². The minimum atomic E-state index is -0.983. The molecule has 0 aliphatic carbocycles. The van der Waals surface area contributed by atoms with Crippen molar-refractivity contribution in [1.29, 1.82) is 0 Å². The number of benzene rings is 1. The van der Waals surface area contributed by atoms with E-state index in [1.807, 2.05) is 20.8 Å². The lowest BCUT2D eigenvalue weighted by molar-refractivity contribution is -0.137. The minimum absolute atomic E-state index is 0.0737. The van der Waals surface area contributed by atoms with Gasteiger partial charge in [0.2, 0.25) is 0 Å². The maximum Gasteiger partial charge on any atom is 0.319 e. The van der Waals surface area contributed by atoms with Crippen molar-refractivity contribution in [3.63, 3.8) is 0 Å². The maximum absolute atomic E-state index is 12.8. The molecule has 8 heteroatoms. The lowest BCUT2D eigenvalue weighted by Crippen LogP contribution is -2.43. The van der Waals surface area contributed by atoms with E-state index in [1.54, 1.807) is 19.9 Å². The Balaban J connectivity index is 3.02. The number of hydrogen-bond donors (Lipinski definition) is 3. The molecule has 0 bridgehead atoms. The molecule has 0 saturated heterocycles. The fourth-order valence-electron chi connectivity index (χ4n) is 2.23. The van der Waals surface area contributed by atoms with Gasteiger partial charge in [0, 0.05) is 23.8 Å². The van der Waals surface area contributed by atoms with Gasteiger partial charge in [0.25, 0.3) is 5.91 Å². The number of nitrogens with one attached hydrogen (secondary N) is 2. The van der Waals surface area contributed by atoms with E-state index in [0.717, 1.165) is 0 Å². The Kier molecular flexibility index (Phi) is 7.44. The molecule has 0 heterocycles. The van der Waals surface area contributed by atoms with Crippen molar-refractivity contribution in [2.75, 3.05) is 11.9 Å². The molecule has 1 rings (SSSR count). The molecule has 7 nitrogen and oxygen atoms in total. The Bertz CT molecular complexity index is 684. The van der Waals surface area contributed by atoms with Gasteiger partial charge in [-0.15, -0.1) is 0 Å². The second kappa shape index (κ2) is 8.89. The average Bonchev–Trinajstić information content (AvgIpc) is 2.46. The molecule has 0 unspecified atom stereocenters. The predicted molar refractivity (Wildman–Crippen MR) is 102 cm³/mol. The standard InChI is InChI=1S/C18H26ClN3O4/c1-11(2)22(9-8-15(23)24)16(25)13-10-12(6-7-14(13)19)20-17(26)21-18(3,4)5/h6-7,10-11H,8-9H2,1-5H3,(H,23,24)(H2,20,21,26). The van der Waals surface area contributed by atoms with Gasteiger partial charge >= 0.3 is 12.0 Å². The highest BCUT2D eigenvalue weighted by molar-refractivity contribution is 6.34. The number of carbonyl (C=O) groups is 3. The smallest absolute Gasteiger partial charge is 0.319 e. The van der Waals surface area contributed by atoms with Crippen LogP contribution in [0, 0.1) is 0 Å². The number of carboxylic acid groups (broad SMARTS) is 1. The number of amides is 3. The number of hydrogen-bond acceptors (Lipinski definition) is 3. The summed E-state index contributed by atoms with van der Waals surface area (Å²) in [6.07, 6.45) is -0.159. The fraction of sp³-hybridized carbons (Fsp3) is 0.500. The summed E-state index contributed by atoms with van der Waals surface area (Å²) < 4.78 is 0. The summed E-state index contributed by atoms with van der Waals surface area (Å²) in [5.41, 5.74) is 0.223. The molecule has 3 N–H and O–H groups in total. The molecular formula is C18H26ClN3O4. The van der Waals surface area contributed by atoms with E-state index >= 15 is 0 Å². The number of urea groups is 1. The summed E-state index contributed by atoms with van der Waals surface area (Å²) in [5.74, 6) is -1.37. The number of nitrogens with zero attached hydrogens (tertiary/aromatic N) is 1. The number of halogens is 1. The van der Waals surface area contributed by atoms with Crippen LogP contribution in [-0.2, 0) is 4.79 Å². The van der Waals surface area contributed by atoms with Crippen molar-refractivity contribution < 1.29 is 19.5 Å². The molecule has 26 heavy (non-hydrogen) atoms.